The molecule has 0 amide bonds. The molecule has 13 nitrogen and oxygen atoms in total. The average Bonchev–Trinajstić information content (AvgIpc) is 3.18. The summed E-state index contributed by atoms with van der Waals surface area (Å²) in [6, 6.07) is 12.3. The van der Waals surface area contributed by atoms with E-state index in [9.17, 15) is 30.4 Å². The third-order valence-corrected chi connectivity index (χ3v) is 13.8. The fraction of sp³-hybridized carbons (Fsp3) is 0.614. The zero-order valence-corrected chi connectivity index (χ0v) is 38.6. The molecule has 0 bridgehead atoms. The molecule has 0 saturated carbocycles. The molecule has 0 aromatic heterocycles. The Kier molecular flexibility index (Phi) is 20.3. The summed E-state index contributed by atoms with van der Waals surface area (Å²) in [7, 11) is -6.92. The molecule has 0 spiro atoms. The summed E-state index contributed by atoms with van der Waals surface area (Å²) in [6.07, 6.45) is 1.08. The summed E-state index contributed by atoms with van der Waals surface area (Å²) in [4.78, 5) is 16.8. The van der Waals surface area contributed by atoms with Crippen LogP contribution in [0.3, 0.4) is 0 Å². The van der Waals surface area contributed by atoms with Gasteiger partial charge in [-0.15, -0.1) is 0 Å². The largest absolute Gasteiger partial charge is 0.489 e. The molecule has 4 rings (SSSR count). The van der Waals surface area contributed by atoms with Gasteiger partial charge in [-0.05, 0) is 92.1 Å². The summed E-state index contributed by atoms with van der Waals surface area (Å²) in [6.45, 7) is 20.6. The Morgan fingerprint density at radius 2 is 1.03 bits per heavy atom. The van der Waals surface area contributed by atoms with Crippen molar-refractivity contribution in [1.29, 1.82) is 0 Å². The average molecular weight is 900 g/mol. The van der Waals surface area contributed by atoms with E-state index in [1.165, 1.54) is 24.3 Å². The first-order valence-corrected chi connectivity index (χ1v) is 23.9. The highest BCUT2D eigenvalue weighted by Gasteiger charge is 2.32. The van der Waals surface area contributed by atoms with E-state index < -0.39 is 36.7 Å². The molecule has 0 radical (unpaired) electrons. The maximum Gasteiger partial charge on any atom is 0.306 e. The molecule has 2 fully saturated rings. The molecule has 2 aliphatic rings. The van der Waals surface area contributed by atoms with Crippen molar-refractivity contribution in [1.82, 2.24) is 9.80 Å². The fourth-order valence-corrected chi connectivity index (χ4v) is 10.5. The van der Waals surface area contributed by atoms with Crippen LogP contribution >= 0.6 is 0 Å². The second kappa shape index (κ2) is 23.8. The molecule has 17 heteroatoms. The Labute approximate surface area is 362 Å². The lowest BCUT2D eigenvalue weighted by Crippen LogP contribution is -2.44. The maximum atomic E-state index is 13.2. The highest BCUT2D eigenvalue weighted by molar-refractivity contribution is 7.91. The van der Waals surface area contributed by atoms with Gasteiger partial charge in [-0.3, -0.25) is 14.6 Å². The van der Waals surface area contributed by atoms with Crippen molar-refractivity contribution in [2.24, 2.45) is 16.6 Å². The van der Waals surface area contributed by atoms with Gasteiger partial charge in [-0.2, -0.15) is 0 Å². The molecule has 2 N–H and O–H groups in total. The zero-order chi connectivity index (χ0) is 45.3. The van der Waals surface area contributed by atoms with Crippen LogP contribution in [-0.4, -0.2) is 135 Å². The number of sulfone groups is 2. The number of ether oxygens (including phenoxy) is 5. The van der Waals surface area contributed by atoms with Crippen LogP contribution in [0, 0.1) is 10.8 Å². The van der Waals surface area contributed by atoms with Crippen molar-refractivity contribution in [3.63, 3.8) is 0 Å². The van der Waals surface area contributed by atoms with Gasteiger partial charge in [0.05, 0.1) is 60.4 Å². The van der Waals surface area contributed by atoms with Crippen LogP contribution in [0.4, 0.5) is 8.78 Å². The standard InChI is InChI=1S/C25H38FNO6S.C19H29FN2O4S/c1-24(2,3)33-23(28)11-6-20(16-26)17-32-21-7-9-22(10-8-21)34(29,30)19-25(4,5)18-27-12-14-31-15-13-27;1-19(2,14-22-7-9-25-10-8-22)15-27(23,24)18-5-3-17(4-6-18)26-13-16(11-20)12-21/h7-10,16H,6,11-15,17-19H2,1-5H3;3-6,11H,7-10,12-15,21H2,1-2H3/b20-16+;16-11+. The van der Waals surface area contributed by atoms with Gasteiger partial charge in [0.2, 0.25) is 0 Å². The van der Waals surface area contributed by atoms with Crippen LogP contribution in [0.5, 0.6) is 11.5 Å². The molecule has 0 atom stereocenters. The lowest BCUT2D eigenvalue weighted by molar-refractivity contribution is -0.154. The number of nitrogens with two attached hydrogens (primary N) is 1. The number of nitrogens with zero attached hydrogens (tertiary/aromatic N) is 2. The van der Waals surface area contributed by atoms with E-state index in [-0.39, 0.29) is 59.3 Å². The number of rotatable bonds is 20. The van der Waals surface area contributed by atoms with Crippen LogP contribution in [0.1, 0.15) is 61.3 Å². The van der Waals surface area contributed by atoms with Crippen molar-refractivity contribution in [2.45, 2.75) is 76.7 Å². The number of morpholine rings is 2. The zero-order valence-electron chi connectivity index (χ0n) is 36.9. The first kappa shape index (κ1) is 51.9. The summed E-state index contributed by atoms with van der Waals surface area (Å²) in [5, 5.41) is 0. The molecule has 2 aliphatic heterocycles. The molecule has 61 heavy (non-hydrogen) atoms. The van der Waals surface area contributed by atoms with Crippen molar-refractivity contribution in [3.8, 4) is 11.5 Å². The van der Waals surface area contributed by atoms with Gasteiger partial charge in [0, 0.05) is 57.8 Å². The number of carbonyl (C=O) groups excluding carboxylic acids is 1. The SMILES string of the molecule is CC(C)(CN1CCOCC1)CS(=O)(=O)c1ccc(OC/C(=C/F)CCC(=O)OC(C)(C)C)cc1.CC(C)(CN1CCOCC1)CS(=O)(=O)c1ccc(OC/C(=C/F)CN)cc1. The van der Waals surface area contributed by atoms with E-state index in [0.29, 0.717) is 74.8 Å². The highest BCUT2D eigenvalue weighted by Crippen LogP contribution is 2.28. The van der Waals surface area contributed by atoms with Crippen LogP contribution < -0.4 is 15.2 Å². The van der Waals surface area contributed by atoms with Crippen molar-refractivity contribution >= 4 is 25.6 Å². The quantitative estimate of drug-likeness (QED) is 0.150. The van der Waals surface area contributed by atoms with Gasteiger partial charge in [-0.1, -0.05) is 27.7 Å². The van der Waals surface area contributed by atoms with Crippen LogP contribution in [0.2, 0.25) is 0 Å². The van der Waals surface area contributed by atoms with Gasteiger partial charge >= 0.3 is 5.97 Å². The minimum Gasteiger partial charge on any atom is -0.489 e. The normalized spacial score (nSPS) is 16.7. The second-order valence-electron chi connectivity index (χ2n) is 18.0. The minimum atomic E-state index is -3.49. The van der Waals surface area contributed by atoms with E-state index in [1.54, 1.807) is 45.0 Å². The summed E-state index contributed by atoms with van der Waals surface area (Å²) in [5.74, 6) is 0.562. The predicted octanol–water partition coefficient (Wildman–Crippen LogP) is 6.18. The number of carbonyl (C=O) groups is 1. The second-order valence-corrected chi connectivity index (χ2v) is 21.9. The fourth-order valence-electron chi connectivity index (χ4n) is 6.80. The summed E-state index contributed by atoms with van der Waals surface area (Å²) >= 11 is 0. The lowest BCUT2D eigenvalue weighted by atomic mass is 9.95. The first-order chi connectivity index (χ1) is 28.5. The Morgan fingerprint density at radius 3 is 1.38 bits per heavy atom. The number of esters is 1. The number of halogens is 2. The first-order valence-electron chi connectivity index (χ1n) is 20.5. The Morgan fingerprint density at radius 1 is 0.656 bits per heavy atom. The molecule has 2 aromatic rings. The third kappa shape index (κ3) is 19.6. The molecule has 2 heterocycles. The van der Waals surface area contributed by atoms with Crippen molar-refractivity contribution < 1.29 is 54.1 Å². The monoisotopic (exact) mass is 899 g/mol. The van der Waals surface area contributed by atoms with Crippen molar-refractivity contribution in [3.05, 3.63) is 72.3 Å². The predicted molar refractivity (Wildman–Crippen MR) is 233 cm³/mol. The molecule has 0 unspecified atom stereocenters. The van der Waals surface area contributed by atoms with Crippen LogP contribution in [0.15, 0.2) is 82.1 Å². The number of hydrogen-bond donors (Lipinski definition) is 1. The van der Waals surface area contributed by atoms with E-state index in [0.717, 1.165) is 26.2 Å². The lowest BCUT2D eigenvalue weighted by Gasteiger charge is -2.34. The van der Waals surface area contributed by atoms with Crippen LogP contribution in [-0.2, 0) is 38.7 Å². The Balaban J connectivity index is 0.000000334. The van der Waals surface area contributed by atoms with Gasteiger partial charge in [-0.25, -0.2) is 25.6 Å². The van der Waals surface area contributed by atoms with Crippen molar-refractivity contribution in [2.75, 3.05) is 97.0 Å². The minimum absolute atomic E-state index is 0.0248. The maximum absolute atomic E-state index is 13.2. The molecule has 2 aromatic carbocycles. The van der Waals surface area contributed by atoms with Gasteiger partial charge in [0.25, 0.3) is 0 Å². The third-order valence-electron chi connectivity index (χ3n) is 9.53. The molecular formula is C44H67F2N3O10S2. The molecule has 344 valence electrons. The van der Waals surface area contributed by atoms with Crippen LogP contribution in [0.25, 0.3) is 0 Å². The summed E-state index contributed by atoms with van der Waals surface area (Å²) < 4.78 is 104. The van der Waals surface area contributed by atoms with E-state index in [1.807, 2.05) is 27.7 Å². The molecular weight excluding hydrogens is 833 g/mol. The van der Waals surface area contributed by atoms with Gasteiger partial charge in [0.1, 0.15) is 30.3 Å². The highest BCUT2D eigenvalue weighted by atomic mass is 32.2. The number of hydrogen-bond acceptors (Lipinski definition) is 13. The van der Waals surface area contributed by atoms with E-state index >= 15 is 0 Å². The van der Waals surface area contributed by atoms with E-state index in [2.05, 4.69) is 9.80 Å². The van der Waals surface area contributed by atoms with E-state index in [4.69, 9.17) is 29.4 Å². The summed E-state index contributed by atoms with van der Waals surface area (Å²) in [5.41, 5.74) is 4.63. The molecule has 0 aliphatic carbocycles. The molecule has 2 saturated heterocycles. The Hall–Kier alpha value is -3.45. The smallest absolute Gasteiger partial charge is 0.306 e. The number of benzene rings is 2. The van der Waals surface area contributed by atoms with Gasteiger partial charge in [0.15, 0.2) is 19.7 Å². The van der Waals surface area contributed by atoms with Gasteiger partial charge < -0.3 is 29.4 Å². The Bertz CT molecular complexity index is 1940. The topological polar surface area (TPSA) is 164 Å².